The molecule has 0 rings (SSSR count). The van der Waals surface area contributed by atoms with E-state index in [1.54, 1.807) is 0 Å². The summed E-state index contributed by atoms with van der Waals surface area (Å²) in [6, 6.07) is 0. The molecule has 0 aliphatic heterocycles. The van der Waals surface area contributed by atoms with Gasteiger partial charge in [0, 0.05) is 19.3 Å². The fraction of sp³-hybridized carbons (Fsp3) is 0.575. The Bertz CT molecular complexity index is 1820. The smallest absolute Gasteiger partial charge is 0.306 e. The van der Waals surface area contributed by atoms with Gasteiger partial charge in [0.05, 0.1) is 0 Å². The zero-order valence-corrected chi connectivity index (χ0v) is 50.6. The highest BCUT2D eigenvalue weighted by atomic mass is 16.6. The summed E-state index contributed by atoms with van der Waals surface area (Å²) in [5.41, 5.74) is 0. The van der Waals surface area contributed by atoms with Crippen LogP contribution in [0.1, 0.15) is 252 Å². The van der Waals surface area contributed by atoms with Crippen LogP contribution in [0, 0.1) is 0 Å². The van der Waals surface area contributed by atoms with E-state index in [-0.39, 0.29) is 31.6 Å². The van der Waals surface area contributed by atoms with Crippen LogP contribution < -0.4 is 0 Å². The van der Waals surface area contributed by atoms with Gasteiger partial charge in [-0.25, -0.2) is 0 Å². The zero-order chi connectivity index (χ0) is 57.1. The van der Waals surface area contributed by atoms with Crippen LogP contribution in [0.4, 0.5) is 0 Å². The molecule has 0 N–H and O–H groups in total. The molecule has 0 aliphatic carbocycles. The van der Waals surface area contributed by atoms with Gasteiger partial charge in [-0.3, -0.25) is 14.4 Å². The van der Waals surface area contributed by atoms with E-state index < -0.39 is 12.1 Å². The molecule has 1 unspecified atom stereocenters. The monoisotopic (exact) mass is 1090 g/mol. The van der Waals surface area contributed by atoms with E-state index in [1.807, 2.05) is 12.2 Å². The van der Waals surface area contributed by atoms with Crippen molar-refractivity contribution in [2.75, 3.05) is 13.2 Å². The van der Waals surface area contributed by atoms with Crippen molar-refractivity contribution in [3.63, 3.8) is 0 Å². The highest BCUT2D eigenvalue weighted by Crippen LogP contribution is 2.15. The molecule has 0 spiro atoms. The van der Waals surface area contributed by atoms with E-state index in [0.717, 1.165) is 141 Å². The average Bonchev–Trinajstić information content (AvgIpc) is 3.45. The Morgan fingerprint density at radius 1 is 0.253 bits per heavy atom. The Kier molecular flexibility index (Phi) is 61.0. The van der Waals surface area contributed by atoms with Crippen LogP contribution in [0.5, 0.6) is 0 Å². The third kappa shape index (κ3) is 63.5. The number of esters is 3. The fourth-order valence-corrected chi connectivity index (χ4v) is 8.10. The fourth-order valence-electron chi connectivity index (χ4n) is 8.10. The van der Waals surface area contributed by atoms with E-state index in [1.165, 1.54) is 64.2 Å². The van der Waals surface area contributed by atoms with Gasteiger partial charge in [0.25, 0.3) is 0 Å². The first-order valence-electron chi connectivity index (χ1n) is 31.6. The van der Waals surface area contributed by atoms with Gasteiger partial charge in [-0.1, -0.05) is 268 Å². The average molecular weight is 1090 g/mol. The lowest BCUT2D eigenvalue weighted by atomic mass is 10.0. The normalized spacial score (nSPS) is 13.3. The summed E-state index contributed by atoms with van der Waals surface area (Å²) >= 11 is 0. The Hall–Kier alpha value is -5.23. The first-order chi connectivity index (χ1) is 39.0. The molecule has 0 fully saturated rings. The van der Waals surface area contributed by atoms with Crippen LogP contribution in [0.3, 0.4) is 0 Å². The molecule has 0 amide bonds. The molecule has 0 aromatic carbocycles. The van der Waals surface area contributed by atoms with Gasteiger partial charge in [0.15, 0.2) is 6.10 Å². The van der Waals surface area contributed by atoms with Crippen LogP contribution in [-0.4, -0.2) is 37.2 Å². The van der Waals surface area contributed by atoms with E-state index in [4.69, 9.17) is 14.2 Å². The lowest BCUT2D eigenvalue weighted by molar-refractivity contribution is -0.166. The molecule has 0 saturated heterocycles. The number of carbonyl (C=O) groups is 3. The Morgan fingerprint density at radius 3 is 0.759 bits per heavy atom. The molecule has 0 radical (unpaired) electrons. The van der Waals surface area contributed by atoms with Gasteiger partial charge in [-0.05, 0) is 135 Å². The van der Waals surface area contributed by atoms with Crippen molar-refractivity contribution in [1.82, 2.24) is 0 Å². The number of unbranched alkanes of at least 4 members (excludes halogenated alkanes) is 16. The van der Waals surface area contributed by atoms with Crippen LogP contribution in [-0.2, 0) is 28.6 Å². The largest absolute Gasteiger partial charge is 0.462 e. The molecule has 79 heavy (non-hydrogen) atoms. The molecular formula is C73H114O6. The SMILES string of the molecule is CC/C=C\C/C=C\C/C=C\C/C=C\C/C=C\C/C=C\CCC(=O)OC(COC(=O)CCCCCC/C=C\C/C=C\C/C=C\C/C=C\CC)COC(=O)CCCCCCCCCCCCCC/C=C\C/C=C\C/C=C\C/C=C\CC. The summed E-state index contributed by atoms with van der Waals surface area (Å²) < 4.78 is 16.8. The van der Waals surface area contributed by atoms with E-state index in [9.17, 15) is 14.4 Å². The highest BCUT2D eigenvalue weighted by Gasteiger charge is 2.19. The summed E-state index contributed by atoms with van der Waals surface area (Å²) in [6.07, 6.45) is 96.5. The van der Waals surface area contributed by atoms with Crippen LogP contribution in [0.15, 0.2) is 170 Å². The molecule has 442 valence electrons. The summed E-state index contributed by atoms with van der Waals surface area (Å²) in [5, 5.41) is 0. The molecule has 6 nitrogen and oxygen atoms in total. The molecule has 0 aromatic heterocycles. The number of carbonyl (C=O) groups excluding carboxylic acids is 3. The zero-order valence-electron chi connectivity index (χ0n) is 50.6. The van der Waals surface area contributed by atoms with Crippen LogP contribution >= 0.6 is 0 Å². The predicted molar refractivity (Wildman–Crippen MR) is 343 cm³/mol. The molecule has 1 atom stereocenters. The Morgan fingerprint density at radius 2 is 0.481 bits per heavy atom. The van der Waals surface area contributed by atoms with Crippen molar-refractivity contribution in [2.24, 2.45) is 0 Å². The highest BCUT2D eigenvalue weighted by molar-refractivity contribution is 5.71. The minimum Gasteiger partial charge on any atom is -0.462 e. The van der Waals surface area contributed by atoms with Gasteiger partial charge >= 0.3 is 17.9 Å². The summed E-state index contributed by atoms with van der Waals surface area (Å²) in [6.45, 7) is 6.21. The van der Waals surface area contributed by atoms with Gasteiger partial charge in [-0.15, -0.1) is 0 Å². The van der Waals surface area contributed by atoms with Crippen LogP contribution in [0.2, 0.25) is 0 Å². The second-order valence-corrected chi connectivity index (χ2v) is 20.2. The third-order valence-corrected chi connectivity index (χ3v) is 12.7. The summed E-state index contributed by atoms with van der Waals surface area (Å²) in [4.78, 5) is 38.3. The molecule has 0 bridgehead atoms. The number of hydrogen-bond donors (Lipinski definition) is 0. The maximum atomic E-state index is 12.9. The van der Waals surface area contributed by atoms with E-state index in [0.29, 0.717) is 19.3 Å². The van der Waals surface area contributed by atoms with Crippen LogP contribution in [0.25, 0.3) is 0 Å². The quantitative estimate of drug-likeness (QED) is 0.0261. The predicted octanol–water partition coefficient (Wildman–Crippen LogP) is 21.9. The van der Waals surface area contributed by atoms with Gasteiger partial charge < -0.3 is 14.2 Å². The first kappa shape index (κ1) is 73.8. The molecular weight excluding hydrogens is 973 g/mol. The molecule has 0 saturated carbocycles. The molecule has 0 aliphatic rings. The van der Waals surface area contributed by atoms with Crippen molar-refractivity contribution in [3.05, 3.63) is 170 Å². The molecule has 6 heteroatoms. The topological polar surface area (TPSA) is 78.9 Å². The van der Waals surface area contributed by atoms with Crippen molar-refractivity contribution in [2.45, 2.75) is 258 Å². The maximum absolute atomic E-state index is 12.9. The van der Waals surface area contributed by atoms with Crippen molar-refractivity contribution < 1.29 is 28.6 Å². The summed E-state index contributed by atoms with van der Waals surface area (Å²) in [7, 11) is 0. The number of rotatable bonds is 55. The number of ether oxygens (including phenoxy) is 3. The third-order valence-electron chi connectivity index (χ3n) is 12.7. The standard InChI is InChI=1S/C73H114O6/c1-4-7-10-13-16-19-22-25-28-31-33-34-35-36-37-38-40-42-45-48-51-54-57-60-63-66-72(75)78-69-70(68-77-71(74)65-62-59-56-53-50-47-44-41-30-27-24-21-18-15-12-9-6-3)79-73(76)67-64-61-58-55-52-49-46-43-39-32-29-26-23-20-17-14-11-8-5-2/h7-12,16-21,25-30,33-34,39,43-44,47,49,52,58,61,70H,4-6,13-15,22-24,31-32,35-38,40-42,45-46,48,50-51,53-57,59-60,62-69H2,1-3H3/b10-7-,11-8-,12-9-,19-16-,20-17-,21-18-,28-25-,29-26-,30-27-,34-33-,43-39-,47-44-,52-49-,61-58-. The second kappa shape index (κ2) is 65.3. The first-order valence-corrected chi connectivity index (χ1v) is 31.6. The molecule has 0 aromatic rings. The maximum Gasteiger partial charge on any atom is 0.306 e. The minimum atomic E-state index is -0.840. The Balaban J connectivity index is 4.51. The second-order valence-electron chi connectivity index (χ2n) is 20.2. The minimum absolute atomic E-state index is 0.125. The lowest BCUT2D eigenvalue weighted by Gasteiger charge is -2.18. The van der Waals surface area contributed by atoms with Crippen molar-refractivity contribution >= 4 is 17.9 Å². The molecule has 0 heterocycles. The van der Waals surface area contributed by atoms with Gasteiger partial charge in [0.2, 0.25) is 0 Å². The van der Waals surface area contributed by atoms with E-state index in [2.05, 4.69) is 179 Å². The van der Waals surface area contributed by atoms with Crippen molar-refractivity contribution in [1.29, 1.82) is 0 Å². The van der Waals surface area contributed by atoms with Gasteiger partial charge in [-0.2, -0.15) is 0 Å². The van der Waals surface area contributed by atoms with Gasteiger partial charge in [0.1, 0.15) is 13.2 Å². The lowest BCUT2D eigenvalue weighted by Crippen LogP contribution is -2.30. The number of hydrogen-bond acceptors (Lipinski definition) is 6. The number of allylic oxidation sites excluding steroid dienone is 28. The van der Waals surface area contributed by atoms with Crippen molar-refractivity contribution in [3.8, 4) is 0 Å². The van der Waals surface area contributed by atoms with E-state index >= 15 is 0 Å². The summed E-state index contributed by atoms with van der Waals surface area (Å²) in [5.74, 6) is -1.04. The Labute approximate surface area is 485 Å².